The molecule has 0 spiro atoms. The topological polar surface area (TPSA) is 262 Å². The van der Waals surface area contributed by atoms with E-state index in [0.29, 0.717) is 36.1 Å². The number of hydrogen-bond acceptors (Lipinski definition) is 16. The molecule has 2 aromatic rings. The summed E-state index contributed by atoms with van der Waals surface area (Å²) in [6.45, 7) is 35.8. The Bertz CT molecular complexity index is 2530. The van der Waals surface area contributed by atoms with Crippen LogP contribution in [0.3, 0.4) is 0 Å². The summed E-state index contributed by atoms with van der Waals surface area (Å²) in [4.78, 5) is 108. The van der Waals surface area contributed by atoms with Gasteiger partial charge in [0.25, 0.3) is 0 Å². The Morgan fingerprint density at radius 3 is 1.12 bits per heavy atom. The third kappa shape index (κ3) is 35.0. The highest BCUT2D eigenvalue weighted by Crippen LogP contribution is 2.22. The van der Waals surface area contributed by atoms with Crippen LogP contribution in [-0.2, 0) is 83.1 Å². The largest absolute Gasteiger partial charge is 1.00 e. The molecule has 1 aromatic heterocycles. The average molecular weight is 1310 g/mol. The maximum absolute atomic E-state index is 14.0. The van der Waals surface area contributed by atoms with Crippen LogP contribution in [0.1, 0.15) is 206 Å². The summed E-state index contributed by atoms with van der Waals surface area (Å²) in [6.07, 6.45) is 0.975. The lowest BCUT2D eigenvalue weighted by atomic mass is 9.94. The van der Waals surface area contributed by atoms with E-state index in [4.69, 9.17) is 37.9 Å². The summed E-state index contributed by atoms with van der Waals surface area (Å²) in [5.74, 6) is 3.42. The fourth-order valence-electron chi connectivity index (χ4n) is 7.61. The van der Waals surface area contributed by atoms with E-state index >= 15 is 0 Å². The number of unbranched alkanes of at least 4 members (excludes halogenated alkanes) is 1. The first-order valence-electron chi connectivity index (χ1n) is 28.7. The monoisotopic (exact) mass is 1310 g/mol. The number of carbonyl (C=O) groups excluding carboxylic acids is 8. The number of pyridine rings is 1. The van der Waals surface area contributed by atoms with E-state index in [1.807, 2.05) is 47.3 Å². The summed E-state index contributed by atoms with van der Waals surface area (Å²) >= 11 is 0. The predicted molar refractivity (Wildman–Crippen MR) is 315 cm³/mol. The zero-order chi connectivity index (χ0) is 64.2. The van der Waals surface area contributed by atoms with E-state index in [9.17, 15) is 38.4 Å². The zero-order valence-electron chi connectivity index (χ0n) is 54.3. The first-order valence-corrected chi connectivity index (χ1v) is 28.7. The van der Waals surface area contributed by atoms with Gasteiger partial charge in [-0.15, -0.1) is 0 Å². The number of hydrogen-bond donors (Lipinski definition) is 4. The summed E-state index contributed by atoms with van der Waals surface area (Å²) < 4.78 is 46.9. The summed E-state index contributed by atoms with van der Waals surface area (Å²) in [6, 6.07) is 4.26. The van der Waals surface area contributed by atoms with Crippen molar-refractivity contribution in [3.63, 3.8) is 0 Å². The molecule has 0 aliphatic carbocycles. The minimum atomic E-state index is -1.31. The van der Waals surface area contributed by atoms with Crippen LogP contribution < -0.4 is 49.8 Å². The Morgan fingerprint density at radius 1 is 0.435 bits per heavy atom. The van der Waals surface area contributed by atoms with Gasteiger partial charge in [0, 0.05) is 29.5 Å². The van der Waals surface area contributed by atoms with Crippen molar-refractivity contribution in [1.82, 2.24) is 21.3 Å². The fourth-order valence-corrected chi connectivity index (χ4v) is 7.61. The van der Waals surface area contributed by atoms with Crippen LogP contribution in [0, 0.1) is 11.8 Å². The summed E-state index contributed by atoms with van der Waals surface area (Å²) in [5, 5.41) is 10.7. The van der Waals surface area contributed by atoms with Gasteiger partial charge in [0.05, 0.1) is 0 Å². The van der Waals surface area contributed by atoms with Crippen molar-refractivity contribution in [3.05, 3.63) is 65.0 Å². The number of aryl methyl sites for hydroxylation is 3. The second-order valence-corrected chi connectivity index (χ2v) is 27.5. The molecule has 1 aromatic carbocycles. The van der Waals surface area contributed by atoms with Gasteiger partial charge in [0.15, 0.2) is 12.4 Å². The molecule has 478 valence electrons. The van der Waals surface area contributed by atoms with Gasteiger partial charge in [0.2, 0.25) is 0 Å². The molecule has 0 saturated heterocycles. The standard InChI is InChI=1S/C63H97N5O16.HI/c1-57(2,3)78-50(70)46(65-54(74)82-61(13,14)15)32-27-30-44-42(33-35-47(51(71)79-58(4,5)6)66-55(75)83-62(16,17)18)38-68(39-43(44)34-36-48(52(72)80-59(7,8)9)67-56(76)84-63(19,20)21)37-26-25-31-45(64-53(73)81-60(10,11)12)49(69)77-40-41-28-23-22-24-29-41;/h22-24,28-29,38-39,45-48H,25-26,31-37,40H2,1-21H3,(H3-,64,65,66,67,73,74,75,76);1H/t45-,46-,47-,48-;/m0./s1. The number of nitrogens with one attached hydrogen (secondary N) is 4. The number of alkyl carbamates (subject to hydrolysis) is 4. The van der Waals surface area contributed by atoms with E-state index in [0.717, 1.165) is 5.56 Å². The van der Waals surface area contributed by atoms with Crippen molar-refractivity contribution in [2.45, 2.75) is 273 Å². The van der Waals surface area contributed by atoms with Crippen molar-refractivity contribution >= 4 is 48.3 Å². The van der Waals surface area contributed by atoms with Crippen molar-refractivity contribution in [1.29, 1.82) is 0 Å². The minimum Gasteiger partial charge on any atom is -1.00 e. The maximum Gasteiger partial charge on any atom is 0.408 e. The summed E-state index contributed by atoms with van der Waals surface area (Å²) in [7, 11) is 0. The first-order chi connectivity index (χ1) is 38.2. The zero-order valence-corrected chi connectivity index (χ0v) is 56.4. The number of ether oxygens (including phenoxy) is 8. The van der Waals surface area contributed by atoms with Gasteiger partial charge in [-0.25, -0.2) is 42.9 Å². The molecule has 4 N–H and O–H groups in total. The molecule has 1 heterocycles. The van der Waals surface area contributed by atoms with Gasteiger partial charge in [-0.3, -0.25) is 0 Å². The smallest absolute Gasteiger partial charge is 0.408 e. The molecular weight excluding hydrogens is 1210 g/mol. The molecule has 0 aliphatic heterocycles. The van der Waals surface area contributed by atoms with Crippen LogP contribution in [-0.4, -0.2) is 112 Å². The van der Waals surface area contributed by atoms with E-state index in [1.165, 1.54) is 0 Å². The lowest BCUT2D eigenvalue weighted by molar-refractivity contribution is -0.698. The lowest BCUT2D eigenvalue weighted by Crippen LogP contribution is -3.00. The van der Waals surface area contributed by atoms with E-state index < -0.39 is 112 Å². The highest BCUT2D eigenvalue weighted by molar-refractivity contribution is 5.84. The SMILES string of the molecule is CC(C)(C)OC(=O)N[C@@H](CCCC[n+]1cc(CC[C@H](NC(=O)OC(C)(C)C)C(=O)OC(C)(C)C)c(C#CC[C@H](NC(=O)OC(C)(C)C)C(=O)OC(C)(C)C)c(CC[C@H](NC(=O)OC(C)(C)C)C(=O)OC(C)(C)C)c1)C(=O)OCc1ccccc1.[I-]. The maximum atomic E-state index is 14.0. The number of carbonyl (C=O) groups is 8. The van der Waals surface area contributed by atoms with Crippen LogP contribution in [0.25, 0.3) is 0 Å². The molecule has 2 rings (SSSR count). The molecule has 21 nitrogen and oxygen atoms in total. The van der Waals surface area contributed by atoms with E-state index in [1.54, 1.807) is 145 Å². The molecular formula is C63H98IN5O16. The Labute approximate surface area is 521 Å². The lowest BCUT2D eigenvalue weighted by Gasteiger charge is -2.26. The quantitative estimate of drug-likeness (QED) is 0.0229. The second-order valence-electron chi connectivity index (χ2n) is 27.5. The third-order valence-electron chi connectivity index (χ3n) is 10.7. The van der Waals surface area contributed by atoms with Gasteiger partial charge < -0.3 is 83.1 Å². The number of amides is 4. The van der Waals surface area contributed by atoms with Crippen molar-refractivity contribution < 1.29 is 105 Å². The van der Waals surface area contributed by atoms with Gasteiger partial charge in [0.1, 0.15) is 76.5 Å². The Balaban J connectivity index is 0.0000361. The molecule has 0 bridgehead atoms. The Morgan fingerprint density at radius 2 is 0.765 bits per heavy atom. The Hall–Kier alpha value is -6.38. The van der Waals surface area contributed by atoms with Gasteiger partial charge in [-0.2, -0.15) is 0 Å². The molecule has 85 heavy (non-hydrogen) atoms. The number of benzene rings is 1. The number of halogens is 1. The van der Waals surface area contributed by atoms with Gasteiger partial charge in [-0.1, -0.05) is 42.2 Å². The minimum absolute atomic E-state index is 0. The van der Waals surface area contributed by atoms with Crippen molar-refractivity contribution in [2.24, 2.45) is 0 Å². The van der Waals surface area contributed by atoms with Crippen molar-refractivity contribution in [2.75, 3.05) is 0 Å². The van der Waals surface area contributed by atoms with Crippen LogP contribution in [0.4, 0.5) is 19.2 Å². The van der Waals surface area contributed by atoms with Crippen LogP contribution in [0.15, 0.2) is 42.7 Å². The molecule has 0 unspecified atom stereocenters. The number of aromatic nitrogens is 1. The molecule has 22 heteroatoms. The molecule has 0 aliphatic rings. The highest BCUT2D eigenvalue weighted by Gasteiger charge is 2.34. The number of nitrogens with zero attached hydrogens (tertiary/aromatic N) is 1. The molecule has 0 radical (unpaired) electrons. The van der Waals surface area contributed by atoms with Crippen LogP contribution >= 0.6 is 0 Å². The van der Waals surface area contributed by atoms with Crippen LogP contribution in [0.5, 0.6) is 0 Å². The highest BCUT2D eigenvalue weighted by atomic mass is 127. The second kappa shape index (κ2) is 32.9. The van der Waals surface area contributed by atoms with E-state index in [2.05, 4.69) is 33.1 Å². The molecule has 0 saturated carbocycles. The van der Waals surface area contributed by atoms with Crippen molar-refractivity contribution in [3.8, 4) is 11.8 Å². The van der Waals surface area contributed by atoms with Crippen LogP contribution in [0.2, 0.25) is 0 Å². The van der Waals surface area contributed by atoms with E-state index in [-0.39, 0.29) is 69.1 Å². The van der Waals surface area contributed by atoms with Gasteiger partial charge in [-0.05, 0) is 189 Å². The number of rotatable bonds is 22. The third-order valence-corrected chi connectivity index (χ3v) is 10.7. The molecule has 4 atom stereocenters. The Kier molecular flexibility index (Phi) is 29.7. The first kappa shape index (κ1) is 76.6. The average Bonchev–Trinajstić information content (AvgIpc) is 3.37. The normalized spacial score (nSPS) is 13.5. The predicted octanol–water partition coefficient (Wildman–Crippen LogP) is 7.10. The van der Waals surface area contributed by atoms with Gasteiger partial charge >= 0.3 is 48.3 Å². The molecule has 4 amide bonds. The fraction of sp³-hybridized carbons (Fsp3) is 0.667. The summed E-state index contributed by atoms with van der Waals surface area (Å²) in [5.41, 5.74) is -4.18. The molecule has 0 fully saturated rings. The number of esters is 4.